The summed E-state index contributed by atoms with van der Waals surface area (Å²) in [6, 6.07) is 9.27. The zero-order valence-electron chi connectivity index (χ0n) is 16.0. The van der Waals surface area contributed by atoms with Gasteiger partial charge in [-0.25, -0.2) is 0 Å². The van der Waals surface area contributed by atoms with Gasteiger partial charge in [-0.05, 0) is 43.7 Å². The molecule has 0 fully saturated rings. The highest BCUT2D eigenvalue weighted by atomic mass is 32.2. The van der Waals surface area contributed by atoms with E-state index in [2.05, 4.69) is 5.32 Å². The zero-order valence-corrected chi connectivity index (χ0v) is 17.6. The lowest BCUT2D eigenvalue weighted by Gasteiger charge is -2.19. The summed E-state index contributed by atoms with van der Waals surface area (Å²) in [5, 5.41) is 11.1. The maximum atomic E-state index is 12.5. The Morgan fingerprint density at radius 3 is 2.57 bits per heavy atom. The summed E-state index contributed by atoms with van der Waals surface area (Å²) >= 11 is 2.66. The molecule has 0 spiro atoms. The van der Waals surface area contributed by atoms with Crippen molar-refractivity contribution in [3.8, 4) is 0 Å². The first-order valence-corrected chi connectivity index (χ1v) is 10.9. The summed E-state index contributed by atoms with van der Waals surface area (Å²) in [5.74, 6) is 0.902. The largest absolute Gasteiger partial charge is 0.350 e. The minimum Gasteiger partial charge on any atom is -0.350 e. The van der Waals surface area contributed by atoms with Crippen LogP contribution in [-0.4, -0.2) is 47.1 Å². The fourth-order valence-corrected chi connectivity index (χ4v) is 4.47. The number of aryl methyl sites for hydroxylation is 2. The van der Waals surface area contributed by atoms with E-state index in [0.717, 1.165) is 29.1 Å². The Morgan fingerprint density at radius 2 is 1.93 bits per heavy atom. The minimum atomic E-state index is -0.0957. The molecule has 0 atom stereocenters. The van der Waals surface area contributed by atoms with Crippen LogP contribution in [0.5, 0.6) is 0 Å². The molecule has 0 saturated heterocycles. The number of nitrogens with one attached hydrogen (secondary N) is 2. The molecule has 2 N–H and O–H groups in total. The number of hydrogen-bond donors (Lipinski definition) is 2. The lowest BCUT2D eigenvalue weighted by Crippen LogP contribution is -2.28. The average molecular weight is 414 g/mol. The van der Waals surface area contributed by atoms with Gasteiger partial charge in [-0.15, -0.1) is 11.3 Å². The van der Waals surface area contributed by atoms with Crippen molar-refractivity contribution >= 4 is 40.0 Å². The van der Waals surface area contributed by atoms with Crippen LogP contribution in [-0.2, 0) is 0 Å². The quantitative estimate of drug-likeness (QED) is 0.326. The van der Waals surface area contributed by atoms with Gasteiger partial charge in [0, 0.05) is 41.4 Å². The Kier molecular flexibility index (Phi) is 6.70. The number of thioether (sulfide) groups is 1. The lowest BCUT2D eigenvalue weighted by molar-refractivity contribution is 0.0959. The predicted molar refractivity (Wildman–Crippen MR) is 117 cm³/mol. The van der Waals surface area contributed by atoms with Crippen LogP contribution in [0.1, 0.15) is 36.0 Å². The van der Waals surface area contributed by atoms with E-state index in [-0.39, 0.29) is 11.0 Å². The number of nitrogens with zero attached hydrogens (tertiary/aromatic N) is 1. The molecule has 2 heterocycles. The molecule has 1 aromatic carbocycles. The molecule has 3 rings (SSSR count). The molecule has 7 heteroatoms. The zero-order chi connectivity index (χ0) is 20.1. The summed E-state index contributed by atoms with van der Waals surface area (Å²) in [6.45, 7) is 5.81. The number of thiophene rings is 1. The third-order valence-electron chi connectivity index (χ3n) is 4.44. The second-order valence-corrected chi connectivity index (χ2v) is 8.91. The molecule has 0 saturated carbocycles. The first-order valence-electron chi connectivity index (χ1n) is 9.07. The third kappa shape index (κ3) is 4.91. The number of amides is 1. The van der Waals surface area contributed by atoms with E-state index in [0.29, 0.717) is 28.6 Å². The fourth-order valence-electron chi connectivity index (χ4n) is 2.91. The SMILES string of the molecule is Cc1ccc(C(=O)NCCSC(=O)c2ccc(C(=N)N3CC=CC3)cc2C)s1. The van der Waals surface area contributed by atoms with Crippen molar-refractivity contribution in [2.75, 3.05) is 25.4 Å². The summed E-state index contributed by atoms with van der Waals surface area (Å²) in [6.07, 6.45) is 4.10. The topological polar surface area (TPSA) is 73.3 Å². The Balaban J connectivity index is 1.50. The molecule has 0 bridgehead atoms. The van der Waals surface area contributed by atoms with Gasteiger partial charge in [-0.2, -0.15) is 0 Å². The molecule has 0 unspecified atom stereocenters. The van der Waals surface area contributed by atoms with Crippen molar-refractivity contribution in [1.29, 1.82) is 5.41 Å². The van der Waals surface area contributed by atoms with Crippen LogP contribution < -0.4 is 5.32 Å². The van der Waals surface area contributed by atoms with Crippen LogP contribution in [0.25, 0.3) is 0 Å². The minimum absolute atomic E-state index is 0.0142. The second-order valence-electron chi connectivity index (χ2n) is 6.56. The van der Waals surface area contributed by atoms with Gasteiger partial charge in [0.15, 0.2) is 0 Å². The first-order chi connectivity index (χ1) is 13.5. The van der Waals surface area contributed by atoms with Crippen LogP contribution in [0.3, 0.4) is 0 Å². The van der Waals surface area contributed by atoms with Gasteiger partial charge in [0.25, 0.3) is 5.91 Å². The number of carbonyl (C=O) groups excluding carboxylic acids is 2. The number of benzene rings is 1. The Morgan fingerprint density at radius 1 is 1.18 bits per heavy atom. The maximum absolute atomic E-state index is 12.5. The Bertz CT molecular complexity index is 925. The normalized spacial score (nSPS) is 13.0. The van der Waals surface area contributed by atoms with Gasteiger partial charge in [-0.1, -0.05) is 30.0 Å². The van der Waals surface area contributed by atoms with Crippen molar-refractivity contribution in [3.05, 3.63) is 68.9 Å². The molecule has 0 radical (unpaired) electrons. The molecule has 1 aromatic heterocycles. The average Bonchev–Trinajstić information content (AvgIpc) is 3.36. The predicted octanol–water partition coefficient (Wildman–Crippen LogP) is 3.87. The van der Waals surface area contributed by atoms with Crippen molar-refractivity contribution in [1.82, 2.24) is 10.2 Å². The fraction of sp³-hybridized carbons (Fsp3) is 0.286. The van der Waals surface area contributed by atoms with Crippen LogP contribution in [0.4, 0.5) is 0 Å². The van der Waals surface area contributed by atoms with Crippen LogP contribution >= 0.6 is 23.1 Å². The highest BCUT2D eigenvalue weighted by Gasteiger charge is 2.16. The van der Waals surface area contributed by atoms with Gasteiger partial charge < -0.3 is 10.2 Å². The van der Waals surface area contributed by atoms with Crippen LogP contribution in [0.15, 0.2) is 42.5 Å². The smallest absolute Gasteiger partial charge is 0.261 e. The molecule has 1 aliphatic heterocycles. The van der Waals surface area contributed by atoms with Crippen molar-refractivity contribution in [3.63, 3.8) is 0 Å². The van der Waals surface area contributed by atoms with E-state index >= 15 is 0 Å². The molecule has 146 valence electrons. The Hall–Kier alpha value is -2.38. The molecule has 1 aliphatic rings. The van der Waals surface area contributed by atoms with E-state index < -0.39 is 0 Å². The van der Waals surface area contributed by atoms with Crippen molar-refractivity contribution < 1.29 is 9.59 Å². The van der Waals surface area contributed by atoms with E-state index in [1.54, 1.807) is 6.07 Å². The lowest BCUT2D eigenvalue weighted by atomic mass is 10.0. The summed E-state index contributed by atoms with van der Waals surface area (Å²) in [5.41, 5.74) is 2.34. The van der Waals surface area contributed by atoms with E-state index in [1.165, 1.54) is 23.1 Å². The first kappa shape index (κ1) is 20.4. The molecular weight excluding hydrogens is 390 g/mol. The monoisotopic (exact) mass is 413 g/mol. The van der Waals surface area contributed by atoms with E-state index in [4.69, 9.17) is 5.41 Å². The summed E-state index contributed by atoms with van der Waals surface area (Å²) < 4.78 is 0. The molecule has 5 nitrogen and oxygen atoms in total. The maximum Gasteiger partial charge on any atom is 0.261 e. The highest BCUT2D eigenvalue weighted by Crippen LogP contribution is 2.19. The molecule has 0 aliphatic carbocycles. The third-order valence-corrected chi connectivity index (χ3v) is 6.33. The van der Waals surface area contributed by atoms with Gasteiger partial charge in [0.1, 0.15) is 5.84 Å². The second kappa shape index (κ2) is 9.21. The molecule has 1 amide bonds. The van der Waals surface area contributed by atoms with E-state index in [1.807, 2.05) is 55.2 Å². The van der Waals surface area contributed by atoms with Crippen molar-refractivity contribution in [2.24, 2.45) is 0 Å². The standard InChI is InChI=1S/C21H23N3O2S2/c1-14-13-16(19(22)24-10-3-4-11-24)6-7-17(14)21(26)27-12-9-23-20(25)18-8-5-15(2)28-18/h3-8,13,22H,9-12H2,1-2H3,(H,23,25). The number of rotatable bonds is 6. The van der Waals surface area contributed by atoms with Crippen molar-refractivity contribution in [2.45, 2.75) is 13.8 Å². The van der Waals surface area contributed by atoms with Gasteiger partial charge in [-0.3, -0.25) is 15.0 Å². The molecule has 28 heavy (non-hydrogen) atoms. The summed E-state index contributed by atoms with van der Waals surface area (Å²) in [7, 11) is 0. The number of hydrogen-bond acceptors (Lipinski definition) is 5. The van der Waals surface area contributed by atoms with E-state index in [9.17, 15) is 9.59 Å². The van der Waals surface area contributed by atoms with Gasteiger partial charge >= 0.3 is 0 Å². The molecule has 2 aromatic rings. The highest BCUT2D eigenvalue weighted by molar-refractivity contribution is 8.14. The molecular formula is C21H23N3O2S2. The number of carbonyl (C=O) groups is 2. The van der Waals surface area contributed by atoms with Crippen LogP contribution in [0.2, 0.25) is 0 Å². The van der Waals surface area contributed by atoms with Gasteiger partial charge in [0.05, 0.1) is 4.88 Å². The Labute approximate surface area is 173 Å². The summed E-state index contributed by atoms with van der Waals surface area (Å²) in [4.78, 5) is 28.3. The number of amidine groups is 1. The van der Waals surface area contributed by atoms with Crippen LogP contribution in [0, 0.1) is 19.3 Å². The van der Waals surface area contributed by atoms with Gasteiger partial charge in [0.2, 0.25) is 5.12 Å².